The molecule has 0 aliphatic carbocycles. The van der Waals surface area contributed by atoms with Gasteiger partial charge in [-0.2, -0.15) is 13.2 Å². The van der Waals surface area contributed by atoms with Crippen LogP contribution in [0.2, 0.25) is 0 Å². The van der Waals surface area contributed by atoms with Gasteiger partial charge in [0.25, 0.3) is 0 Å². The van der Waals surface area contributed by atoms with Gasteiger partial charge in [0.05, 0.1) is 12.1 Å². The number of rotatable bonds is 6. The number of halogens is 4. The van der Waals surface area contributed by atoms with Crippen molar-refractivity contribution in [3.8, 4) is 16.9 Å². The number of aromatic carboxylic acids is 1. The minimum absolute atomic E-state index is 0.0441. The van der Waals surface area contributed by atoms with E-state index >= 15 is 0 Å². The van der Waals surface area contributed by atoms with Crippen molar-refractivity contribution in [2.45, 2.75) is 32.5 Å². The standard InChI is InChI=1S/C24H19F4N5O3/c1-2-12-7-19(24(26,27)28)29-8-14(12)16-10-31-23(33-11-32-20(21(16)33)22(34)35)30-9-15-13-5-6-36-18(13)4-3-17(15)25/h3-4,7-8,10-11H,2,5-6,9H2,1H3,(H,30,31)(H,34,35). The smallest absolute Gasteiger partial charge is 0.433 e. The Bertz CT molecular complexity index is 1500. The Morgan fingerprint density at radius 1 is 1.19 bits per heavy atom. The van der Waals surface area contributed by atoms with Gasteiger partial charge in [-0.3, -0.25) is 9.38 Å². The maximum atomic E-state index is 14.6. The molecule has 1 aliphatic heterocycles. The molecular formula is C24H19F4N5O3. The maximum absolute atomic E-state index is 14.6. The second kappa shape index (κ2) is 8.77. The van der Waals surface area contributed by atoms with Gasteiger partial charge in [0.2, 0.25) is 5.95 Å². The lowest BCUT2D eigenvalue weighted by atomic mass is 9.99. The number of nitrogens with zero attached hydrogens (tertiary/aromatic N) is 4. The molecule has 3 aromatic heterocycles. The van der Waals surface area contributed by atoms with E-state index in [0.717, 1.165) is 17.8 Å². The van der Waals surface area contributed by atoms with Crippen molar-refractivity contribution < 1.29 is 32.2 Å². The molecule has 12 heteroatoms. The molecule has 0 spiro atoms. The van der Waals surface area contributed by atoms with Crippen LogP contribution in [-0.4, -0.2) is 37.0 Å². The summed E-state index contributed by atoms with van der Waals surface area (Å²) in [6.07, 6.45) is -0.164. The van der Waals surface area contributed by atoms with E-state index in [-0.39, 0.29) is 35.7 Å². The zero-order valence-electron chi connectivity index (χ0n) is 18.9. The van der Waals surface area contributed by atoms with Crippen LogP contribution in [0.3, 0.4) is 0 Å². The number of carbonyl (C=O) groups is 1. The number of hydrogen-bond donors (Lipinski definition) is 2. The third-order valence-corrected chi connectivity index (χ3v) is 6.08. The van der Waals surface area contributed by atoms with Crippen molar-refractivity contribution in [3.63, 3.8) is 0 Å². The van der Waals surface area contributed by atoms with Crippen LogP contribution in [0.25, 0.3) is 16.6 Å². The molecule has 0 bridgehead atoms. The summed E-state index contributed by atoms with van der Waals surface area (Å²) in [5, 5.41) is 12.7. The van der Waals surface area contributed by atoms with Crippen molar-refractivity contribution in [1.29, 1.82) is 0 Å². The van der Waals surface area contributed by atoms with Gasteiger partial charge in [-0.1, -0.05) is 6.92 Å². The van der Waals surface area contributed by atoms with Gasteiger partial charge in [-0.05, 0) is 30.2 Å². The Morgan fingerprint density at radius 3 is 2.69 bits per heavy atom. The van der Waals surface area contributed by atoms with Crippen LogP contribution in [0.5, 0.6) is 5.75 Å². The number of imidazole rings is 1. The van der Waals surface area contributed by atoms with Crippen LogP contribution in [-0.2, 0) is 25.6 Å². The van der Waals surface area contributed by atoms with Crippen LogP contribution < -0.4 is 10.1 Å². The molecular weight excluding hydrogens is 482 g/mol. The van der Waals surface area contributed by atoms with E-state index in [1.807, 2.05) is 0 Å². The summed E-state index contributed by atoms with van der Waals surface area (Å²) in [7, 11) is 0. The van der Waals surface area contributed by atoms with Gasteiger partial charge < -0.3 is 15.2 Å². The summed E-state index contributed by atoms with van der Waals surface area (Å²) in [5.41, 5.74) is 0.810. The van der Waals surface area contributed by atoms with Gasteiger partial charge in [-0.15, -0.1) is 0 Å². The molecule has 0 saturated heterocycles. The molecule has 0 saturated carbocycles. The molecule has 1 aromatic carbocycles. The molecule has 186 valence electrons. The Labute approximate surface area is 201 Å². The van der Waals surface area contributed by atoms with Gasteiger partial charge in [-0.25, -0.2) is 19.2 Å². The number of nitrogens with one attached hydrogen (secondary N) is 1. The second-order valence-electron chi connectivity index (χ2n) is 8.15. The highest BCUT2D eigenvalue weighted by atomic mass is 19.4. The molecule has 5 rings (SSSR count). The van der Waals surface area contributed by atoms with E-state index in [1.165, 1.54) is 23.0 Å². The molecule has 0 unspecified atom stereocenters. The van der Waals surface area contributed by atoms with Crippen molar-refractivity contribution in [1.82, 2.24) is 19.4 Å². The Balaban J connectivity index is 1.60. The third-order valence-electron chi connectivity index (χ3n) is 6.08. The summed E-state index contributed by atoms with van der Waals surface area (Å²) in [6.45, 7) is 2.18. The molecule has 4 heterocycles. The average Bonchev–Trinajstić information content (AvgIpc) is 3.50. The first kappa shape index (κ1) is 23.5. The van der Waals surface area contributed by atoms with E-state index in [2.05, 4.69) is 20.3 Å². The lowest BCUT2D eigenvalue weighted by molar-refractivity contribution is -0.141. The molecule has 36 heavy (non-hydrogen) atoms. The normalized spacial score (nSPS) is 13.0. The van der Waals surface area contributed by atoms with Crippen LogP contribution in [0, 0.1) is 5.82 Å². The number of benzene rings is 1. The van der Waals surface area contributed by atoms with E-state index in [4.69, 9.17) is 4.74 Å². The van der Waals surface area contributed by atoms with Crippen molar-refractivity contribution in [3.05, 3.63) is 70.8 Å². The summed E-state index contributed by atoms with van der Waals surface area (Å²) < 4.78 is 61.0. The van der Waals surface area contributed by atoms with Gasteiger partial charge in [0.15, 0.2) is 5.69 Å². The fourth-order valence-corrected chi connectivity index (χ4v) is 4.36. The largest absolute Gasteiger partial charge is 0.493 e. The molecule has 0 atom stereocenters. The summed E-state index contributed by atoms with van der Waals surface area (Å²) in [4.78, 5) is 23.8. The number of ether oxygens (including phenoxy) is 1. The minimum atomic E-state index is -4.62. The Kier molecular flexibility index (Phi) is 5.73. The molecule has 2 N–H and O–H groups in total. The second-order valence-corrected chi connectivity index (χ2v) is 8.15. The van der Waals surface area contributed by atoms with Crippen molar-refractivity contribution >= 4 is 17.4 Å². The Hall–Kier alpha value is -4.22. The van der Waals surface area contributed by atoms with E-state index in [1.54, 1.807) is 13.0 Å². The van der Waals surface area contributed by atoms with Crippen LogP contribution >= 0.6 is 0 Å². The topological polar surface area (TPSA) is 102 Å². The summed E-state index contributed by atoms with van der Waals surface area (Å²) >= 11 is 0. The van der Waals surface area contributed by atoms with Crippen LogP contribution in [0.1, 0.15) is 39.8 Å². The number of alkyl halides is 3. The predicted molar refractivity (Wildman–Crippen MR) is 120 cm³/mol. The minimum Gasteiger partial charge on any atom is -0.493 e. The fraction of sp³-hybridized carbons (Fsp3) is 0.250. The fourth-order valence-electron chi connectivity index (χ4n) is 4.36. The quantitative estimate of drug-likeness (QED) is 0.368. The summed E-state index contributed by atoms with van der Waals surface area (Å²) in [6, 6.07) is 3.83. The van der Waals surface area contributed by atoms with Gasteiger partial charge in [0, 0.05) is 47.6 Å². The number of fused-ring (bicyclic) bond motifs is 2. The number of hydrogen-bond acceptors (Lipinski definition) is 6. The van der Waals surface area contributed by atoms with Gasteiger partial charge >= 0.3 is 12.1 Å². The third kappa shape index (κ3) is 3.97. The highest BCUT2D eigenvalue weighted by molar-refractivity contribution is 5.99. The zero-order valence-corrected chi connectivity index (χ0v) is 18.9. The Morgan fingerprint density at radius 2 is 1.97 bits per heavy atom. The molecule has 0 fully saturated rings. The average molecular weight is 501 g/mol. The van der Waals surface area contributed by atoms with Crippen LogP contribution in [0.15, 0.2) is 36.9 Å². The van der Waals surface area contributed by atoms with Crippen molar-refractivity contribution in [2.75, 3.05) is 11.9 Å². The molecule has 4 aromatic rings. The maximum Gasteiger partial charge on any atom is 0.433 e. The molecule has 8 nitrogen and oxygen atoms in total. The number of carboxylic acid groups (broad SMARTS) is 1. The highest BCUT2D eigenvalue weighted by Crippen LogP contribution is 2.35. The lowest BCUT2D eigenvalue weighted by Crippen LogP contribution is -2.11. The van der Waals surface area contributed by atoms with E-state index in [0.29, 0.717) is 35.5 Å². The number of aromatic nitrogens is 4. The van der Waals surface area contributed by atoms with Crippen molar-refractivity contribution in [2.24, 2.45) is 0 Å². The number of anilines is 1. The molecule has 0 amide bonds. The summed E-state index contributed by atoms with van der Waals surface area (Å²) in [5.74, 6) is -0.945. The highest BCUT2D eigenvalue weighted by Gasteiger charge is 2.33. The SMILES string of the molecule is CCc1cc(C(F)(F)F)ncc1-c1cnc(NCc2c(F)ccc3c2CCO3)n2cnc(C(=O)O)c12. The molecule has 0 radical (unpaired) electrons. The first-order valence-corrected chi connectivity index (χ1v) is 11.0. The molecule has 1 aliphatic rings. The van der Waals surface area contributed by atoms with Crippen LogP contribution in [0.4, 0.5) is 23.5 Å². The number of aryl methyl sites for hydroxylation is 1. The van der Waals surface area contributed by atoms with E-state index < -0.39 is 23.7 Å². The zero-order chi connectivity index (χ0) is 25.6. The van der Waals surface area contributed by atoms with Gasteiger partial charge in [0.1, 0.15) is 23.6 Å². The van der Waals surface area contributed by atoms with E-state index in [9.17, 15) is 27.5 Å². The number of pyridine rings is 1. The number of carboxylic acids is 1. The first-order valence-electron chi connectivity index (χ1n) is 11.0. The lowest BCUT2D eigenvalue weighted by Gasteiger charge is -2.15. The predicted octanol–water partition coefficient (Wildman–Crippen LogP) is 4.76. The first-order chi connectivity index (χ1) is 17.2. The monoisotopic (exact) mass is 501 g/mol.